The Morgan fingerprint density at radius 1 is 1.53 bits per heavy atom. The molecule has 0 fully saturated rings. The maximum Gasteiger partial charge on any atom is 0.337 e. The number of hydrogen-bond acceptors (Lipinski definition) is 5. The predicted octanol–water partition coefficient (Wildman–Crippen LogP) is 1.25. The fraction of sp³-hybridized carbons (Fsp3) is 0.100. The average Bonchev–Trinajstić information content (AvgIpc) is 2.67. The minimum atomic E-state index is -1.04. The van der Waals surface area contributed by atoms with Gasteiger partial charge in [-0.25, -0.2) is 14.8 Å². The molecule has 0 aliphatic carbocycles. The number of carboxylic acid groups (broad SMARTS) is 1. The molecule has 2 rings (SSSR count). The number of nitrogen functional groups attached to an aromatic ring is 1. The van der Waals surface area contributed by atoms with Crippen molar-refractivity contribution in [2.45, 2.75) is 10.2 Å². The molecule has 0 atom stereocenters. The monoisotopic (exact) mass is 250 g/mol. The molecule has 88 valence electrons. The molecular formula is C10H10N4O2S. The normalized spacial score (nSPS) is 10.4. The van der Waals surface area contributed by atoms with E-state index < -0.39 is 5.97 Å². The van der Waals surface area contributed by atoms with E-state index in [2.05, 4.69) is 9.97 Å². The highest BCUT2D eigenvalue weighted by atomic mass is 32.2. The third kappa shape index (κ3) is 2.39. The van der Waals surface area contributed by atoms with Gasteiger partial charge in [-0.3, -0.25) is 0 Å². The van der Waals surface area contributed by atoms with Gasteiger partial charge < -0.3 is 15.4 Å². The summed E-state index contributed by atoms with van der Waals surface area (Å²) in [4.78, 5) is 18.9. The summed E-state index contributed by atoms with van der Waals surface area (Å²) in [6.07, 6.45) is 4.76. The van der Waals surface area contributed by atoms with E-state index in [1.807, 2.05) is 17.8 Å². The number of hydrogen-bond donors (Lipinski definition) is 2. The summed E-state index contributed by atoms with van der Waals surface area (Å²) in [5.41, 5.74) is 6.15. The summed E-state index contributed by atoms with van der Waals surface area (Å²) in [6.45, 7) is 0. The highest BCUT2D eigenvalue weighted by molar-refractivity contribution is 7.99. The molecule has 0 aliphatic rings. The molecule has 0 aromatic carbocycles. The van der Waals surface area contributed by atoms with E-state index >= 15 is 0 Å². The largest absolute Gasteiger partial charge is 0.478 e. The van der Waals surface area contributed by atoms with Gasteiger partial charge in [0, 0.05) is 25.6 Å². The first-order valence-corrected chi connectivity index (χ1v) is 5.53. The Morgan fingerprint density at radius 3 is 2.82 bits per heavy atom. The highest BCUT2D eigenvalue weighted by Gasteiger charge is 2.10. The number of aromatic nitrogens is 3. The molecular weight excluding hydrogens is 240 g/mol. The Bertz CT molecular complexity index is 567. The van der Waals surface area contributed by atoms with Crippen LogP contribution in [-0.4, -0.2) is 25.6 Å². The molecule has 2 aromatic rings. The van der Waals surface area contributed by atoms with Crippen molar-refractivity contribution in [3.05, 3.63) is 30.2 Å². The number of pyridine rings is 1. The minimum absolute atomic E-state index is 0.0756. The van der Waals surface area contributed by atoms with Crippen molar-refractivity contribution < 1.29 is 9.90 Å². The van der Waals surface area contributed by atoms with Gasteiger partial charge in [-0.1, -0.05) is 0 Å². The molecule has 17 heavy (non-hydrogen) atoms. The van der Waals surface area contributed by atoms with Crippen LogP contribution in [0.15, 0.2) is 34.8 Å². The van der Waals surface area contributed by atoms with Crippen molar-refractivity contribution in [2.24, 2.45) is 7.05 Å². The first kappa shape index (κ1) is 11.5. The number of carbonyl (C=O) groups is 1. The SMILES string of the molecule is Cn1ccnc1Sc1ncc(C(=O)O)cc1N. The molecule has 0 saturated heterocycles. The third-order valence-electron chi connectivity index (χ3n) is 2.09. The summed E-state index contributed by atoms with van der Waals surface area (Å²) in [5, 5.41) is 10.1. The van der Waals surface area contributed by atoms with Crippen LogP contribution >= 0.6 is 11.8 Å². The number of nitrogens with zero attached hydrogens (tertiary/aromatic N) is 3. The lowest BCUT2D eigenvalue weighted by molar-refractivity contribution is 0.0696. The zero-order valence-electron chi connectivity index (χ0n) is 8.99. The van der Waals surface area contributed by atoms with Crippen LogP contribution in [0.1, 0.15) is 10.4 Å². The molecule has 7 heteroatoms. The fourth-order valence-electron chi connectivity index (χ4n) is 1.21. The molecule has 0 saturated carbocycles. The second-order valence-electron chi connectivity index (χ2n) is 3.35. The molecule has 2 heterocycles. The van der Waals surface area contributed by atoms with Crippen LogP contribution in [0.25, 0.3) is 0 Å². The second-order valence-corrected chi connectivity index (χ2v) is 4.30. The van der Waals surface area contributed by atoms with Gasteiger partial charge in [-0.15, -0.1) is 0 Å². The van der Waals surface area contributed by atoms with Gasteiger partial charge in [0.1, 0.15) is 5.03 Å². The van der Waals surface area contributed by atoms with Gasteiger partial charge in [-0.05, 0) is 17.8 Å². The zero-order chi connectivity index (χ0) is 12.4. The van der Waals surface area contributed by atoms with Crippen molar-refractivity contribution in [1.82, 2.24) is 14.5 Å². The van der Waals surface area contributed by atoms with E-state index in [-0.39, 0.29) is 5.56 Å². The summed E-state index contributed by atoms with van der Waals surface area (Å²) in [7, 11) is 1.86. The van der Waals surface area contributed by atoms with Gasteiger partial charge in [-0.2, -0.15) is 0 Å². The predicted molar refractivity (Wildman–Crippen MR) is 62.9 cm³/mol. The Labute approximate surface area is 101 Å². The number of anilines is 1. The Balaban J connectivity index is 2.29. The topological polar surface area (TPSA) is 94.0 Å². The van der Waals surface area contributed by atoms with Crippen LogP contribution in [0.3, 0.4) is 0 Å². The number of nitrogens with two attached hydrogens (primary N) is 1. The maximum atomic E-state index is 10.7. The van der Waals surface area contributed by atoms with Crippen LogP contribution in [0.4, 0.5) is 5.69 Å². The van der Waals surface area contributed by atoms with Gasteiger partial charge in [0.25, 0.3) is 0 Å². The first-order chi connectivity index (χ1) is 8.08. The standard InChI is InChI=1S/C10H10N4O2S/c1-14-3-2-12-10(14)17-8-7(11)4-6(5-13-8)9(15)16/h2-5H,11H2,1H3,(H,15,16). The molecule has 0 spiro atoms. The quantitative estimate of drug-likeness (QED) is 0.851. The number of imidazole rings is 1. The summed E-state index contributed by atoms with van der Waals surface area (Å²) in [5.74, 6) is -1.04. The fourth-order valence-corrected chi connectivity index (χ4v) is 1.98. The van der Waals surface area contributed by atoms with E-state index in [0.717, 1.165) is 5.16 Å². The van der Waals surface area contributed by atoms with Crippen LogP contribution in [0.2, 0.25) is 0 Å². The van der Waals surface area contributed by atoms with Crippen molar-refractivity contribution in [1.29, 1.82) is 0 Å². The number of aryl methyl sites for hydroxylation is 1. The Kier molecular flexibility index (Phi) is 3.01. The van der Waals surface area contributed by atoms with Crippen molar-refractivity contribution >= 4 is 23.4 Å². The second kappa shape index (κ2) is 4.46. The third-order valence-corrected chi connectivity index (χ3v) is 3.20. The molecule has 3 N–H and O–H groups in total. The average molecular weight is 250 g/mol. The molecule has 0 unspecified atom stereocenters. The summed E-state index contributed by atoms with van der Waals surface area (Å²) in [6, 6.07) is 1.39. The van der Waals surface area contributed by atoms with Crippen LogP contribution in [0.5, 0.6) is 0 Å². The minimum Gasteiger partial charge on any atom is -0.478 e. The van der Waals surface area contributed by atoms with E-state index in [0.29, 0.717) is 10.7 Å². The van der Waals surface area contributed by atoms with E-state index in [4.69, 9.17) is 10.8 Å². The van der Waals surface area contributed by atoms with Gasteiger partial charge >= 0.3 is 5.97 Å². The molecule has 0 aliphatic heterocycles. The Morgan fingerprint density at radius 2 is 2.29 bits per heavy atom. The van der Waals surface area contributed by atoms with E-state index in [1.54, 1.807) is 6.20 Å². The Hall–Kier alpha value is -2.02. The summed E-state index contributed by atoms with van der Waals surface area (Å²) < 4.78 is 1.83. The number of aromatic carboxylic acids is 1. The van der Waals surface area contributed by atoms with Gasteiger partial charge in [0.05, 0.1) is 11.3 Å². The van der Waals surface area contributed by atoms with Crippen molar-refractivity contribution in [2.75, 3.05) is 5.73 Å². The lowest BCUT2D eigenvalue weighted by Crippen LogP contribution is -2.01. The lowest BCUT2D eigenvalue weighted by Gasteiger charge is -2.04. The maximum absolute atomic E-state index is 10.7. The molecule has 2 aromatic heterocycles. The van der Waals surface area contributed by atoms with Gasteiger partial charge in [0.15, 0.2) is 5.16 Å². The van der Waals surface area contributed by atoms with Gasteiger partial charge in [0.2, 0.25) is 0 Å². The van der Waals surface area contributed by atoms with E-state index in [1.165, 1.54) is 24.0 Å². The molecule has 6 nitrogen and oxygen atoms in total. The van der Waals surface area contributed by atoms with Crippen LogP contribution < -0.4 is 5.73 Å². The van der Waals surface area contributed by atoms with Crippen molar-refractivity contribution in [3.63, 3.8) is 0 Å². The molecule has 0 bridgehead atoms. The summed E-state index contributed by atoms with van der Waals surface area (Å²) >= 11 is 1.29. The smallest absolute Gasteiger partial charge is 0.337 e. The van der Waals surface area contributed by atoms with Crippen LogP contribution in [-0.2, 0) is 7.05 Å². The zero-order valence-corrected chi connectivity index (χ0v) is 9.81. The molecule has 0 radical (unpaired) electrons. The number of rotatable bonds is 3. The van der Waals surface area contributed by atoms with Crippen molar-refractivity contribution in [3.8, 4) is 0 Å². The van der Waals surface area contributed by atoms with E-state index in [9.17, 15) is 4.79 Å². The molecule has 0 amide bonds. The highest BCUT2D eigenvalue weighted by Crippen LogP contribution is 2.28. The van der Waals surface area contributed by atoms with Crippen LogP contribution in [0, 0.1) is 0 Å². The lowest BCUT2D eigenvalue weighted by atomic mass is 10.3. The number of carboxylic acids is 1. The first-order valence-electron chi connectivity index (χ1n) is 4.72.